The predicted octanol–water partition coefficient (Wildman–Crippen LogP) is 1.56. The van der Waals surface area contributed by atoms with Crippen molar-refractivity contribution in [3.63, 3.8) is 0 Å². The van der Waals surface area contributed by atoms with Crippen LogP contribution in [0.3, 0.4) is 0 Å². The van der Waals surface area contributed by atoms with Gasteiger partial charge in [0.25, 0.3) is 5.91 Å². The molecule has 3 saturated heterocycles. The molecule has 7 nitrogen and oxygen atoms in total. The van der Waals surface area contributed by atoms with Crippen molar-refractivity contribution >= 4 is 5.91 Å². The number of amides is 1. The molecule has 7 heteroatoms. The van der Waals surface area contributed by atoms with E-state index >= 15 is 0 Å². The summed E-state index contributed by atoms with van der Waals surface area (Å²) in [6.07, 6.45) is 0.430. The molecule has 4 heterocycles. The molecule has 0 aliphatic carbocycles. The second kappa shape index (κ2) is 7.22. The minimum absolute atomic E-state index is 0.0822. The molecule has 2 atom stereocenters. The first-order valence-electron chi connectivity index (χ1n) is 11.0. The first kappa shape index (κ1) is 19.1. The number of carbonyl (C=O) groups excluding carboxylic acids is 1. The van der Waals surface area contributed by atoms with Gasteiger partial charge in [-0.15, -0.1) is 0 Å². The molecule has 4 aliphatic heterocycles. The number of carbonyl (C=O) groups is 1. The van der Waals surface area contributed by atoms with E-state index in [2.05, 4.69) is 21.9 Å². The molecule has 0 bridgehead atoms. The lowest BCUT2D eigenvalue weighted by atomic mass is 9.83. The van der Waals surface area contributed by atoms with Crippen molar-refractivity contribution in [1.82, 2.24) is 14.7 Å². The number of rotatable bonds is 3. The van der Waals surface area contributed by atoms with Crippen LogP contribution in [0.25, 0.3) is 0 Å². The quantitative estimate of drug-likeness (QED) is 0.812. The van der Waals surface area contributed by atoms with Crippen molar-refractivity contribution in [2.45, 2.75) is 30.7 Å². The highest BCUT2D eigenvalue weighted by atomic mass is 16.7. The minimum atomic E-state index is -0.309. The number of aliphatic hydroxyl groups is 1. The van der Waals surface area contributed by atoms with Crippen LogP contribution in [0.1, 0.15) is 22.3 Å². The van der Waals surface area contributed by atoms with Crippen LogP contribution in [0.5, 0.6) is 11.5 Å². The standard InChI is InChI=1S/C24H27N3O4/c28-20-9-19-11-26(23(29)18-4-2-1-3-5-18)15-24(27(19)12-20)13-25(14-24)10-17-6-7-21-22(8-17)31-16-30-21/h1-8,19-20,28H,9-16H2/t19-,20+/m0/s1. The molecular formula is C24H27N3O4. The summed E-state index contributed by atoms with van der Waals surface area (Å²) in [5, 5.41) is 10.4. The molecule has 31 heavy (non-hydrogen) atoms. The number of fused-ring (bicyclic) bond motifs is 3. The highest BCUT2D eigenvalue weighted by Crippen LogP contribution is 2.40. The van der Waals surface area contributed by atoms with E-state index in [1.807, 2.05) is 41.3 Å². The van der Waals surface area contributed by atoms with Crippen LogP contribution in [0.2, 0.25) is 0 Å². The zero-order valence-electron chi connectivity index (χ0n) is 17.4. The molecule has 2 aromatic rings. The van der Waals surface area contributed by atoms with E-state index in [1.54, 1.807) is 0 Å². The van der Waals surface area contributed by atoms with Crippen molar-refractivity contribution in [2.24, 2.45) is 0 Å². The average molecular weight is 421 g/mol. The van der Waals surface area contributed by atoms with E-state index < -0.39 is 0 Å². The molecule has 4 aliphatic rings. The highest BCUT2D eigenvalue weighted by Gasteiger charge is 2.56. The molecule has 0 saturated carbocycles. The smallest absolute Gasteiger partial charge is 0.253 e. The van der Waals surface area contributed by atoms with Gasteiger partial charge in [0.2, 0.25) is 6.79 Å². The zero-order valence-corrected chi connectivity index (χ0v) is 17.4. The summed E-state index contributed by atoms with van der Waals surface area (Å²) in [6.45, 7) is 5.01. The number of ether oxygens (including phenoxy) is 2. The number of β-amino-alcohol motifs (C(OH)–C–C–N with tert-alkyl or cyclic N) is 1. The van der Waals surface area contributed by atoms with Crippen LogP contribution in [0.15, 0.2) is 48.5 Å². The largest absolute Gasteiger partial charge is 0.454 e. The lowest BCUT2D eigenvalue weighted by molar-refractivity contribution is -0.108. The van der Waals surface area contributed by atoms with Crippen LogP contribution in [0, 0.1) is 0 Å². The maximum absolute atomic E-state index is 13.2. The third-order valence-electron chi connectivity index (χ3n) is 7.10. The Morgan fingerprint density at radius 2 is 1.84 bits per heavy atom. The van der Waals surface area contributed by atoms with Gasteiger partial charge in [0.1, 0.15) is 0 Å². The van der Waals surface area contributed by atoms with Crippen molar-refractivity contribution in [1.29, 1.82) is 0 Å². The van der Waals surface area contributed by atoms with Crippen LogP contribution < -0.4 is 9.47 Å². The van der Waals surface area contributed by atoms with E-state index in [1.165, 1.54) is 5.56 Å². The van der Waals surface area contributed by atoms with Gasteiger partial charge in [-0.05, 0) is 36.2 Å². The first-order valence-corrected chi connectivity index (χ1v) is 11.0. The molecule has 6 rings (SSSR count). The topological polar surface area (TPSA) is 65.5 Å². The Balaban J connectivity index is 1.19. The molecule has 1 amide bonds. The Hall–Kier alpha value is -2.61. The third kappa shape index (κ3) is 3.28. The minimum Gasteiger partial charge on any atom is -0.454 e. The summed E-state index contributed by atoms with van der Waals surface area (Å²) < 4.78 is 10.9. The fraction of sp³-hybridized carbons (Fsp3) is 0.458. The van der Waals surface area contributed by atoms with Crippen molar-refractivity contribution in [3.05, 3.63) is 59.7 Å². The van der Waals surface area contributed by atoms with Crippen molar-refractivity contribution in [3.8, 4) is 11.5 Å². The normalized spacial score (nSPS) is 26.7. The zero-order chi connectivity index (χ0) is 21.0. The van der Waals surface area contributed by atoms with Gasteiger partial charge < -0.3 is 19.5 Å². The van der Waals surface area contributed by atoms with E-state index in [-0.39, 0.29) is 30.4 Å². The second-order valence-corrected chi connectivity index (χ2v) is 9.30. The second-order valence-electron chi connectivity index (χ2n) is 9.30. The van der Waals surface area contributed by atoms with Gasteiger partial charge >= 0.3 is 0 Å². The van der Waals surface area contributed by atoms with Crippen LogP contribution >= 0.6 is 0 Å². The fourth-order valence-electron chi connectivity index (χ4n) is 5.81. The van der Waals surface area contributed by atoms with Crippen LogP contribution in [0.4, 0.5) is 0 Å². The number of likely N-dealkylation sites (tertiary alicyclic amines) is 1. The molecule has 0 unspecified atom stereocenters. The van der Waals surface area contributed by atoms with Gasteiger partial charge in [0.05, 0.1) is 11.6 Å². The molecule has 3 fully saturated rings. The van der Waals surface area contributed by atoms with Gasteiger partial charge in [-0.25, -0.2) is 0 Å². The maximum atomic E-state index is 13.2. The Bertz CT molecular complexity index is 992. The summed E-state index contributed by atoms with van der Waals surface area (Å²) in [6, 6.07) is 15.9. The number of piperazine rings is 1. The summed E-state index contributed by atoms with van der Waals surface area (Å²) in [5.74, 6) is 1.71. The SMILES string of the molecule is O=C(c1ccccc1)N1C[C@@H]2C[C@@H](O)CN2C2(CN(Cc3ccc4c(c3)OCO4)C2)C1. The van der Waals surface area contributed by atoms with Crippen molar-refractivity contribution < 1.29 is 19.4 Å². The maximum Gasteiger partial charge on any atom is 0.253 e. The lowest BCUT2D eigenvalue weighted by Crippen LogP contribution is -2.78. The number of aliphatic hydroxyl groups excluding tert-OH is 1. The van der Waals surface area contributed by atoms with E-state index in [4.69, 9.17) is 9.47 Å². The average Bonchev–Trinajstić information content (AvgIpc) is 3.38. The van der Waals surface area contributed by atoms with E-state index in [0.29, 0.717) is 19.6 Å². The molecule has 2 aromatic carbocycles. The number of hydrogen-bond acceptors (Lipinski definition) is 6. The molecule has 162 valence electrons. The summed E-state index contributed by atoms with van der Waals surface area (Å²) in [4.78, 5) is 20.1. The number of nitrogens with zero attached hydrogens (tertiary/aromatic N) is 3. The Morgan fingerprint density at radius 1 is 1.03 bits per heavy atom. The van der Waals surface area contributed by atoms with Gasteiger partial charge in [-0.3, -0.25) is 14.6 Å². The molecule has 1 N–H and O–H groups in total. The van der Waals surface area contributed by atoms with Gasteiger partial charge in [0.15, 0.2) is 11.5 Å². The first-order chi connectivity index (χ1) is 15.1. The van der Waals surface area contributed by atoms with E-state index in [9.17, 15) is 9.90 Å². The summed E-state index contributed by atoms with van der Waals surface area (Å²) >= 11 is 0. The van der Waals surface area contributed by atoms with Crippen molar-refractivity contribution in [2.75, 3.05) is 39.5 Å². The molecular weight excluding hydrogens is 394 g/mol. The molecule has 0 radical (unpaired) electrons. The Kier molecular flexibility index (Phi) is 4.45. The molecule has 0 aromatic heterocycles. The van der Waals surface area contributed by atoms with Gasteiger partial charge in [-0.2, -0.15) is 0 Å². The Labute approximate surface area is 181 Å². The van der Waals surface area contributed by atoms with E-state index in [0.717, 1.165) is 43.1 Å². The number of benzene rings is 2. The van der Waals surface area contributed by atoms with Gasteiger partial charge in [0, 0.05) is 50.9 Å². The number of hydrogen-bond donors (Lipinski definition) is 1. The van der Waals surface area contributed by atoms with Gasteiger partial charge in [-0.1, -0.05) is 24.3 Å². The predicted molar refractivity (Wildman–Crippen MR) is 114 cm³/mol. The monoisotopic (exact) mass is 421 g/mol. The summed E-state index contributed by atoms with van der Waals surface area (Å²) in [5.41, 5.74) is 1.85. The summed E-state index contributed by atoms with van der Waals surface area (Å²) in [7, 11) is 0. The molecule has 1 spiro atoms. The van der Waals surface area contributed by atoms with Crippen LogP contribution in [-0.2, 0) is 6.54 Å². The highest BCUT2D eigenvalue weighted by molar-refractivity contribution is 5.94. The Morgan fingerprint density at radius 3 is 2.68 bits per heavy atom. The third-order valence-corrected chi connectivity index (χ3v) is 7.10. The fourth-order valence-corrected chi connectivity index (χ4v) is 5.81. The van der Waals surface area contributed by atoms with Crippen LogP contribution in [-0.4, -0.2) is 82.9 Å². The lowest BCUT2D eigenvalue weighted by Gasteiger charge is -2.61.